The lowest BCUT2D eigenvalue weighted by Crippen LogP contribution is -1.91. The van der Waals surface area contributed by atoms with Gasteiger partial charge < -0.3 is 0 Å². The normalized spacial score (nSPS) is 14.8. The molecular formula is C20H20. The SMILES string of the molecule is C1=Cc2ccccc2CC1.C1=Cc2ccccc2CC1. The molecule has 4 rings (SSSR count). The monoisotopic (exact) mass is 260 g/mol. The van der Waals surface area contributed by atoms with Crippen molar-refractivity contribution in [3.8, 4) is 0 Å². The van der Waals surface area contributed by atoms with Gasteiger partial charge in [-0.1, -0.05) is 72.8 Å². The van der Waals surface area contributed by atoms with Gasteiger partial charge in [0.2, 0.25) is 0 Å². The Kier molecular flexibility index (Phi) is 4.13. The standard InChI is InChI=1S/2C10H10/c2*1-2-6-10-8-4-3-7-9(10)5-1/h2*1-3,5-7H,4,8H2. The van der Waals surface area contributed by atoms with Gasteiger partial charge in [-0.3, -0.25) is 0 Å². The summed E-state index contributed by atoms with van der Waals surface area (Å²) in [6.07, 6.45) is 13.7. The molecule has 0 aliphatic heterocycles. The molecule has 2 aliphatic rings. The van der Waals surface area contributed by atoms with Crippen LogP contribution in [0, 0.1) is 0 Å². The summed E-state index contributed by atoms with van der Waals surface area (Å²) in [6.45, 7) is 0. The van der Waals surface area contributed by atoms with E-state index in [9.17, 15) is 0 Å². The Hall–Kier alpha value is -2.08. The zero-order valence-corrected chi connectivity index (χ0v) is 11.8. The summed E-state index contributed by atoms with van der Waals surface area (Å²) in [7, 11) is 0. The lowest BCUT2D eigenvalue weighted by Gasteiger charge is -2.07. The molecule has 0 atom stereocenters. The first-order chi connectivity index (χ1) is 9.93. The van der Waals surface area contributed by atoms with Crippen molar-refractivity contribution in [3.63, 3.8) is 0 Å². The van der Waals surface area contributed by atoms with Gasteiger partial charge in [0.1, 0.15) is 0 Å². The largest absolute Gasteiger partial charge is 0.0836 e. The summed E-state index contributed by atoms with van der Waals surface area (Å²) in [5.41, 5.74) is 5.78. The Morgan fingerprint density at radius 1 is 0.550 bits per heavy atom. The van der Waals surface area contributed by atoms with E-state index in [0.29, 0.717) is 0 Å². The molecule has 0 amide bonds. The summed E-state index contributed by atoms with van der Waals surface area (Å²) in [6, 6.07) is 17.2. The second-order valence-corrected chi connectivity index (χ2v) is 5.28. The molecular weight excluding hydrogens is 240 g/mol. The van der Waals surface area contributed by atoms with Crippen molar-refractivity contribution in [2.45, 2.75) is 25.7 Å². The molecule has 0 spiro atoms. The van der Waals surface area contributed by atoms with Crippen molar-refractivity contribution in [2.75, 3.05) is 0 Å². The van der Waals surface area contributed by atoms with Crippen molar-refractivity contribution < 1.29 is 0 Å². The van der Waals surface area contributed by atoms with Crippen LogP contribution in [0.4, 0.5) is 0 Å². The fourth-order valence-electron chi connectivity index (χ4n) is 2.75. The van der Waals surface area contributed by atoms with Crippen molar-refractivity contribution in [1.82, 2.24) is 0 Å². The second-order valence-electron chi connectivity index (χ2n) is 5.28. The number of aryl methyl sites for hydroxylation is 2. The van der Waals surface area contributed by atoms with Crippen molar-refractivity contribution in [2.24, 2.45) is 0 Å². The minimum Gasteiger partial charge on any atom is -0.0836 e. The Morgan fingerprint density at radius 3 is 1.45 bits per heavy atom. The van der Waals surface area contributed by atoms with Crippen LogP contribution in [-0.2, 0) is 12.8 Å². The Bertz CT molecular complexity index is 574. The second kappa shape index (κ2) is 6.38. The zero-order chi connectivity index (χ0) is 13.6. The lowest BCUT2D eigenvalue weighted by molar-refractivity contribution is 0.986. The first-order valence-corrected chi connectivity index (χ1v) is 7.42. The van der Waals surface area contributed by atoms with E-state index in [-0.39, 0.29) is 0 Å². The van der Waals surface area contributed by atoms with E-state index in [1.807, 2.05) is 0 Å². The minimum absolute atomic E-state index is 1.21. The molecule has 0 nitrogen and oxygen atoms in total. The number of hydrogen-bond donors (Lipinski definition) is 0. The van der Waals surface area contributed by atoms with Crippen LogP contribution in [0.15, 0.2) is 60.7 Å². The number of allylic oxidation sites excluding steroid dienone is 2. The van der Waals surface area contributed by atoms with Gasteiger partial charge in [-0.2, -0.15) is 0 Å². The van der Waals surface area contributed by atoms with E-state index in [2.05, 4.69) is 72.8 Å². The molecule has 0 N–H and O–H groups in total. The third kappa shape index (κ3) is 3.08. The summed E-state index contributed by atoms with van der Waals surface area (Å²) in [5, 5.41) is 0. The molecule has 2 aliphatic carbocycles. The highest BCUT2D eigenvalue weighted by Crippen LogP contribution is 2.18. The Morgan fingerprint density at radius 2 is 1.00 bits per heavy atom. The molecule has 0 saturated heterocycles. The summed E-state index contributed by atoms with van der Waals surface area (Å²) in [4.78, 5) is 0. The van der Waals surface area contributed by atoms with Crippen LogP contribution in [0.25, 0.3) is 12.2 Å². The summed E-state index contributed by atoms with van der Waals surface area (Å²) >= 11 is 0. The fourth-order valence-corrected chi connectivity index (χ4v) is 2.75. The van der Waals surface area contributed by atoms with E-state index >= 15 is 0 Å². The maximum atomic E-state index is 2.24. The number of rotatable bonds is 0. The zero-order valence-electron chi connectivity index (χ0n) is 11.8. The van der Waals surface area contributed by atoms with Crippen LogP contribution in [0.1, 0.15) is 35.1 Å². The summed E-state index contributed by atoms with van der Waals surface area (Å²) < 4.78 is 0. The van der Waals surface area contributed by atoms with Gasteiger partial charge in [-0.25, -0.2) is 0 Å². The molecule has 2 aromatic carbocycles. The highest BCUT2D eigenvalue weighted by atomic mass is 14.1. The van der Waals surface area contributed by atoms with E-state index < -0.39 is 0 Å². The van der Waals surface area contributed by atoms with Gasteiger partial charge in [0.15, 0.2) is 0 Å². The predicted molar refractivity (Wildman–Crippen MR) is 87.6 cm³/mol. The van der Waals surface area contributed by atoms with Crippen LogP contribution in [0.3, 0.4) is 0 Å². The predicted octanol–water partition coefficient (Wildman–Crippen LogP) is 5.29. The number of benzene rings is 2. The van der Waals surface area contributed by atoms with Crippen LogP contribution in [0.2, 0.25) is 0 Å². The first kappa shape index (κ1) is 12.9. The van der Waals surface area contributed by atoms with E-state index in [1.54, 1.807) is 0 Å². The molecule has 0 unspecified atom stereocenters. The Labute approximate surface area is 121 Å². The third-order valence-electron chi connectivity index (χ3n) is 3.87. The number of fused-ring (bicyclic) bond motifs is 2. The smallest absolute Gasteiger partial charge is 0.0228 e. The maximum Gasteiger partial charge on any atom is -0.0228 e. The van der Waals surface area contributed by atoms with Gasteiger partial charge in [0.05, 0.1) is 0 Å². The molecule has 0 bridgehead atoms. The topological polar surface area (TPSA) is 0 Å². The van der Waals surface area contributed by atoms with E-state index in [1.165, 1.54) is 47.9 Å². The molecule has 0 saturated carbocycles. The fraction of sp³-hybridized carbons (Fsp3) is 0.200. The van der Waals surface area contributed by atoms with Crippen LogP contribution < -0.4 is 0 Å². The molecule has 0 fully saturated rings. The maximum absolute atomic E-state index is 2.24. The molecule has 0 heterocycles. The van der Waals surface area contributed by atoms with Crippen LogP contribution in [0.5, 0.6) is 0 Å². The van der Waals surface area contributed by atoms with Gasteiger partial charge in [0.25, 0.3) is 0 Å². The molecule has 0 aromatic heterocycles. The van der Waals surface area contributed by atoms with Crippen LogP contribution in [-0.4, -0.2) is 0 Å². The molecule has 100 valence electrons. The highest BCUT2D eigenvalue weighted by molar-refractivity contribution is 5.56. The molecule has 0 radical (unpaired) electrons. The first-order valence-electron chi connectivity index (χ1n) is 7.42. The van der Waals surface area contributed by atoms with Crippen LogP contribution >= 0.6 is 0 Å². The lowest BCUT2D eigenvalue weighted by atomic mass is 9.98. The third-order valence-corrected chi connectivity index (χ3v) is 3.87. The van der Waals surface area contributed by atoms with E-state index in [4.69, 9.17) is 0 Å². The van der Waals surface area contributed by atoms with Crippen molar-refractivity contribution in [1.29, 1.82) is 0 Å². The van der Waals surface area contributed by atoms with Gasteiger partial charge in [-0.05, 0) is 47.9 Å². The van der Waals surface area contributed by atoms with Crippen molar-refractivity contribution >= 4 is 12.2 Å². The molecule has 20 heavy (non-hydrogen) atoms. The van der Waals surface area contributed by atoms with Crippen molar-refractivity contribution in [3.05, 3.63) is 82.9 Å². The average Bonchev–Trinajstić information content (AvgIpc) is 2.56. The van der Waals surface area contributed by atoms with Gasteiger partial charge in [0, 0.05) is 0 Å². The highest BCUT2D eigenvalue weighted by Gasteiger charge is 2.01. The quantitative estimate of drug-likeness (QED) is 0.603. The molecule has 2 aromatic rings. The van der Waals surface area contributed by atoms with E-state index in [0.717, 1.165) is 0 Å². The number of hydrogen-bond acceptors (Lipinski definition) is 0. The van der Waals surface area contributed by atoms with Gasteiger partial charge >= 0.3 is 0 Å². The summed E-state index contributed by atoms with van der Waals surface area (Å²) in [5.74, 6) is 0. The average molecular weight is 260 g/mol. The minimum atomic E-state index is 1.21. The molecule has 0 heteroatoms. The Balaban J connectivity index is 0.000000121. The van der Waals surface area contributed by atoms with Gasteiger partial charge in [-0.15, -0.1) is 0 Å².